The number of nitriles is 1. The summed E-state index contributed by atoms with van der Waals surface area (Å²) >= 11 is 3.42. The number of carbonyl (C=O) groups excluding carboxylic acids is 1. The maximum absolute atomic E-state index is 12.8. The number of anilines is 1. The highest BCUT2D eigenvalue weighted by atomic mass is 79.9. The van der Waals surface area contributed by atoms with Crippen molar-refractivity contribution in [1.82, 2.24) is 4.98 Å². The molecule has 0 spiro atoms. The molecule has 1 heterocycles. The van der Waals surface area contributed by atoms with Crippen molar-refractivity contribution < 1.29 is 9.53 Å². The first kappa shape index (κ1) is 20.9. The van der Waals surface area contributed by atoms with E-state index in [2.05, 4.69) is 27.0 Å². The Labute approximate surface area is 169 Å². The molecule has 0 saturated heterocycles. The Hall–Kier alpha value is -2.39. The molecule has 0 fully saturated rings. The maximum atomic E-state index is 12.8. The van der Waals surface area contributed by atoms with Crippen LogP contribution in [-0.2, 0) is 16.7 Å². The van der Waals surface area contributed by atoms with Crippen molar-refractivity contribution in [2.75, 3.05) is 4.90 Å². The topological polar surface area (TPSA) is 66.2 Å². The van der Waals surface area contributed by atoms with Crippen LogP contribution in [0.15, 0.2) is 47.1 Å². The van der Waals surface area contributed by atoms with Gasteiger partial charge in [-0.05, 0) is 64.4 Å². The standard InChI is InChI=1S/C21H24BrN3O2/c1-20(2,3)27-19(26)25(13-15-6-8-16(22)9-7-15)17-10-11-18(24-12-17)21(4,5)14-23/h6-12H,13H2,1-5H3. The van der Waals surface area contributed by atoms with E-state index in [4.69, 9.17) is 4.74 Å². The Morgan fingerprint density at radius 2 is 1.78 bits per heavy atom. The van der Waals surface area contributed by atoms with Crippen molar-refractivity contribution in [3.8, 4) is 6.07 Å². The highest BCUT2D eigenvalue weighted by molar-refractivity contribution is 9.10. The molecule has 2 aromatic rings. The van der Waals surface area contributed by atoms with Crippen LogP contribution < -0.4 is 4.90 Å². The number of ether oxygens (including phenoxy) is 1. The number of carbonyl (C=O) groups is 1. The van der Waals surface area contributed by atoms with E-state index >= 15 is 0 Å². The summed E-state index contributed by atoms with van der Waals surface area (Å²) in [5, 5.41) is 9.28. The lowest BCUT2D eigenvalue weighted by Crippen LogP contribution is -2.36. The summed E-state index contributed by atoms with van der Waals surface area (Å²) in [5.41, 5.74) is 0.934. The number of pyridine rings is 1. The van der Waals surface area contributed by atoms with E-state index in [1.165, 1.54) is 0 Å². The van der Waals surface area contributed by atoms with Gasteiger partial charge in [-0.2, -0.15) is 5.26 Å². The Balaban J connectivity index is 2.35. The molecule has 2 rings (SSSR count). The molecule has 0 aliphatic carbocycles. The van der Waals surface area contributed by atoms with Gasteiger partial charge in [-0.1, -0.05) is 28.1 Å². The molecule has 0 aliphatic heterocycles. The van der Waals surface area contributed by atoms with Crippen LogP contribution in [0.25, 0.3) is 0 Å². The van der Waals surface area contributed by atoms with Crippen molar-refractivity contribution in [2.24, 2.45) is 0 Å². The number of hydrogen-bond acceptors (Lipinski definition) is 4. The van der Waals surface area contributed by atoms with E-state index in [-0.39, 0.29) is 0 Å². The number of rotatable bonds is 4. The molecule has 0 saturated carbocycles. The van der Waals surface area contributed by atoms with Gasteiger partial charge in [0.2, 0.25) is 0 Å². The molecule has 6 heteroatoms. The van der Waals surface area contributed by atoms with Gasteiger partial charge in [-0.15, -0.1) is 0 Å². The SMILES string of the molecule is CC(C)(C)OC(=O)N(Cc1ccc(Br)cc1)c1ccc(C(C)(C)C#N)nc1. The molecule has 0 unspecified atom stereocenters. The van der Waals surface area contributed by atoms with Crippen molar-refractivity contribution >= 4 is 27.7 Å². The van der Waals surface area contributed by atoms with E-state index in [1.807, 2.05) is 58.9 Å². The van der Waals surface area contributed by atoms with Crippen LogP contribution in [0.5, 0.6) is 0 Å². The Kier molecular flexibility index (Phi) is 6.27. The molecule has 0 bridgehead atoms. The highest BCUT2D eigenvalue weighted by Crippen LogP contribution is 2.25. The van der Waals surface area contributed by atoms with Gasteiger partial charge >= 0.3 is 6.09 Å². The molecule has 142 valence electrons. The molecule has 27 heavy (non-hydrogen) atoms. The number of amides is 1. The summed E-state index contributed by atoms with van der Waals surface area (Å²) in [5.74, 6) is 0. The molecule has 1 amide bonds. The summed E-state index contributed by atoms with van der Waals surface area (Å²) < 4.78 is 6.54. The largest absolute Gasteiger partial charge is 0.443 e. The summed E-state index contributed by atoms with van der Waals surface area (Å²) in [6, 6.07) is 13.6. The second kappa shape index (κ2) is 8.10. The lowest BCUT2D eigenvalue weighted by molar-refractivity contribution is 0.0577. The van der Waals surface area contributed by atoms with Gasteiger partial charge in [0.1, 0.15) is 5.60 Å². The van der Waals surface area contributed by atoms with Gasteiger partial charge in [0, 0.05) is 4.47 Å². The third-order valence-electron chi connectivity index (χ3n) is 3.85. The molecular weight excluding hydrogens is 406 g/mol. The smallest absolute Gasteiger partial charge is 0.415 e. The number of hydrogen-bond donors (Lipinski definition) is 0. The Bertz CT molecular complexity index is 832. The predicted molar refractivity (Wildman–Crippen MR) is 109 cm³/mol. The second-order valence-corrected chi connectivity index (χ2v) is 8.75. The lowest BCUT2D eigenvalue weighted by atomic mass is 9.91. The number of benzene rings is 1. The monoisotopic (exact) mass is 429 g/mol. The molecule has 0 aliphatic rings. The van der Waals surface area contributed by atoms with Crippen LogP contribution >= 0.6 is 15.9 Å². The number of nitrogens with zero attached hydrogens (tertiary/aromatic N) is 3. The van der Waals surface area contributed by atoms with Gasteiger partial charge in [0.25, 0.3) is 0 Å². The highest BCUT2D eigenvalue weighted by Gasteiger charge is 2.26. The summed E-state index contributed by atoms with van der Waals surface area (Å²) in [6.07, 6.45) is 1.16. The zero-order chi connectivity index (χ0) is 20.2. The molecule has 1 aromatic carbocycles. The molecular formula is C21H24BrN3O2. The third kappa shape index (κ3) is 5.80. The molecule has 0 radical (unpaired) electrons. The van der Waals surface area contributed by atoms with Crippen LogP contribution in [-0.4, -0.2) is 16.7 Å². The quantitative estimate of drug-likeness (QED) is 0.635. The number of halogens is 1. The number of aromatic nitrogens is 1. The van der Waals surface area contributed by atoms with Gasteiger partial charge in [-0.25, -0.2) is 4.79 Å². The van der Waals surface area contributed by atoms with Crippen molar-refractivity contribution in [1.29, 1.82) is 5.26 Å². The molecule has 0 N–H and O–H groups in total. The van der Waals surface area contributed by atoms with Crippen LogP contribution in [0, 0.1) is 11.3 Å². The second-order valence-electron chi connectivity index (χ2n) is 7.83. The summed E-state index contributed by atoms with van der Waals surface area (Å²) in [6.45, 7) is 9.47. The van der Waals surface area contributed by atoms with Crippen molar-refractivity contribution in [2.45, 2.75) is 52.2 Å². The van der Waals surface area contributed by atoms with Crippen LogP contribution in [0.2, 0.25) is 0 Å². The molecule has 1 aromatic heterocycles. The average Bonchev–Trinajstić information content (AvgIpc) is 2.60. The van der Waals surface area contributed by atoms with Gasteiger partial charge < -0.3 is 4.74 Å². The van der Waals surface area contributed by atoms with Crippen LogP contribution in [0.1, 0.15) is 45.9 Å². The first-order valence-corrected chi connectivity index (χ1v) is 9.44. The third-order valence-corrected chi connectivity index (χ3v) is 4.38. The fraction of sp³-hybridized carbons (Fsp3) is 0.381. The fourth-order valence-corrected chi connectivity index (χ4v) is 2.59. The van der Waals surface area contributed by atoms with E-state index in [0.29, 0.717) is 17.9 Å². The average molecular weight is 430 g/mol. The van der Waals surface area contributed by atoms with Gasteiger partial charge in [0.05, 0.1) is 35.6 Å². The fourth-order valence-electron chi connectivity index (χ4n) is 2.32. The lowest BCUT2D eigenvalue weighted by Gasteiger charge is -2.28. The zero-order valence-corrected chi connectivity index (χ0v) is 17.9. The first-order chi connectivity index (χ1) is 12.5. The van der Waals surface area contributed by atoms with Crippen LogP contribution in [0.4, 0.5) is 10.5 Å². The zero-order valence-electron chi connectivity index (χ0n) is 16.3. The molecule has 5 nitrogen and oxygen atoms in total. The van der Waals surface area contributed by atoms with E-state index in [9.17, 15) is 10.1 Å². The first-order valence-electron chi connectivity index (χ1n) is 8.64. The summed E-state index contributed by atoms with van der Waals surface area (Å²) in [7, 11) is 0. The molecule has 0 atom stereocenters. The minimum absolute atomic E-state index is 0.352. The summed E-state index contributed by atoms with van der Waals surface area (Å²) in [4.78, 5) is 18.7. The maximum Gasteiger partial charge on any atom is 0.415 e. The van der Waals surface area contributed by atoms with Crippen LogP contribution in [0.3, 0.4) is 0 Å². The normalized spacial score (nSPS) is 11.6. The predicted octanol–water partition coefficient (Wildman–Crippen LogP) is 5.59. The van der Waals surface area contributed by atoms with E-state index < -0.39 is 17.1 Å². The van der Waals surface area contributed by atoms with E-state index in [1.54, 1.807) is 23.2 Å². The van der Waals surface area contributed by atoms with Gasteiger partial charge in [-0.3, -0.25) is 9.88 Å². The Morgan fingerprint density at radius 3 is 2.26 bits per heavy atom. The Morgan fingerprint density at radius 1 is 1.15 bits per heavy atom. The van der Waals surface area contributed by atoms with Gasteiger partial charge in [0.15, 0.2) is 0 Å². The van der Waals surface area contributed by atoms with E-state index in [0.717, 1.165) is 10.0 Å². The minimum Gasteiger partial charge on any atom is -0.443 e. The van der Waals surface area contributed by atoms with Crippen molar-refractivity contribution in [3.05, 3.63) is 58.3 Å². The van der Waals surface area contributed by atoms with Crippen molar-refractivity contribution in [3.63, 3.8) is 0 Å². The minimum atomic E-state index is -0.693.